The summed E-state index contributed by atoms with van der Waals surface area (Å²) in [5, 5.41) is 14.7. The van der Waals surface area contributed by atoms with E-state index in [0.717, 1.165) is 34.7 Å². The SMILES string of the molecule is CCCc1cc(C(=O)OCC(=O)N2N=C(c3cccs3)C[C@@H]2c2ccc(OC)c(OC)c2)n[nH]1. The van der Waals surface area contributed by atoms with E-state index < -0.39 is 18.5 Å². The molecule has 0 aliphatic carbocycles. The summed E-state index contributed by atoms with van der Waals surface area (Å²) in [6, 6.07) is 10.7. The van der Waals surface area contributed by atoms with E-state index in [0.29, 0.717) is 17.9 Å². The monoisotopic (exact) mass is 482 g/mol. The molecule has 0 saturated carbocycles. The largest absolute Gasteiger partial charge is 0.493 e. The van der Waals surface area contributed by atoms with Crippen molar-refractivity contribution >= 4 is 28.9 Å². The molecular weight excluding hydrogens is 456 g/mol. The molecule has 0 radical (unpaired) electrons. The number of carbonyl (C=O) groups is 2. The van der Waals surface area contributed by atoms with Crippen LogP contribution in [-0.2, 0) is 16.0 Å². The lowest BCUT2D eigenvalue weighted by Gasteiger charge is -2.22. The molecule has 178 valence electrons. The van der Waals surface area contributed by atoms with E-state index in [4.69, 9.17) is 14.2 Å². The van der Waals surface area contributed by atoms with Gasteiger partial charge in [-0.2, -0.15) is 10.2 Å². The Kier molecular flexibility index (Phi) is 7.27. The molecular formula is C24H26N4O5S. The molecule has 10 heteroatoms. The zero-order valence-electron chi connectivity index (χ0n) is 19.2. The van der Waals surface area contributed by atoms with Gasteiger partial charge in [0, 0.05) is 12.1 Å². The molecule has 0 fully saturated rings. The number of aryl methyl sites for hydroxylation is 1. The molecule has 34 heavy (non-hydrogen) atoms. The summed E-state index contributed by atoms with van der Waals surface area (Å²) in [7, 11) is 3.13. The van der Waals surface area contributed by atoms with Gasteiger partial charge in [-0.3, -0.25) is 9.89 Å². The molecule has 1 atom stereocenters. The third-order valence-electron chi connectivity index (χ3n) is 5.45. The topological polar surface area (TPSA) is 106 Å². The normalized spacial score (nSPS) is 15.2. The highest BCUT2D eigenvalue weighted by atomic mass is 32.1. The molecule has 1 amide bonds. The standard InChI is InChI=1S/C24H26N4O5S/c1-4-6-16-12-18(26-25-16)24(30)33-14-23(29)28-19(13-17(27-28)22-7-5-10-34-22)15-8-9-20(31-2)21(11-15)32-3/h5,7-12,19H,4,6,13-14H2,1-3H3,(H,25,26)/t19-/m1/s1. The van der Waals surface area contributed by atoms with Gasteiger partial charge in [-0.05, 0) is 41.6 Å². The maximum absolute atomic E-state index is 13.1. The predicted octanol–water partition coefficient (Wildman–Crippen LogP) is 3.98. The molecule has 0 spiro atoms. The van der Waals surface area contributed by atoms with Gasteiger partial charge in [0.1, 0.15) is 0 Å². The van der Waals surface area contributed by atoms with Crippen molar-refractivity contribution in [2.45, 2.75) is 32.2 Å². The lowest BCUT2D eigenvalue weighted by Crippen LogP contribution is -2.31. The van der Waals surface area contributed by atoms with Crippen molar-refractivity contribution in [3.63, 3.8) is 0 Å². The van der Waals surface area contributed by atoms with Crippen molar-refractivity contribution in [2.24, 2.45) is 5.10 Å². The summed E-state index contributed by atoms with van der Waals surface area (Å²) in [5.74, 6) is 0.0713. The number of nitrogens with one attached hydrogen (secondary N) is 1. The van der Waals surface area contributed by atoms with Gasteiger partial charge in [0.15, 0.2) is 23.8 Å². The molecule has 9 nitrogen and oxygen atoms in total. The number of aromatic nitrogens is 2. The van der Waals surface area contributed by atoms with E-state index in [1.807, 2.05) is 36.6 Å². The van der Waals surface area contributed by atoms with Crippen molar-refractivity contribution in [2.75, 3.05) is 20.8 Å². The number of hydrogen-bond donors (Lipinski definition) is 1. The summed E-state index contributed by atoms with van der Waals surface area (Å²) in [6.45, 7) is 1.59. The van der Waals surface area contributed by atoms with Crippen LogP contribution in [0.15, 0.2) is 46.9 Å². The Bertz CT molecular complexity index is 1190. The fourth-order valence-corrected chi connectivity index (χ4v) is 4.50. The van der Waals surface area contributed by atoms with Gasteiger partial charge >= 0.3 is 5.97 Å². The lowest BCUT2D eigenvalue weighted by molar-refractivity contribution is -0.136. The molecule has 0 unspecified atom stereocenters. The number of methoxy groups -OCH3 is 2. The van der Waals surface area contributed by atoms with Gasteiger partial charge in [-0.15, -0.1) is 11.3 Å². The highest BCUT2D eigenvalue weighted by molar-refractivity contribution is 7.12. The zero-order chi connectivity index (χ0) is 24.1. The number of H-pyrrole nitrogens is 1. The number of amides is 1. The fraction of sp³-hybridized carbons (Fsp3) is 0.333. The summed E-state index contributed by atoms with van der Waals surface area (Å²) in [4.78, 5) is 26.5. The summed E-state index contributed by atoms with van der Waals surface area (Å²) >= 11 is 1.56. The van der Waals surface area contributed by atoms with Crippen molar-refractivity contribution in [1.82, 2.24) is 15.2 Å². The van der Waals surface area contributed by atoms with Gasteiger partial charge in [-0.25, -0.2) is 9.80 Å². The van der Waals surface area contributed by atoms with Crippen LogP contribution in [0.25, 0.3) is 0 Å². The first-order valence-electron chi connectivity index (χ1n) is 10.9. The first-order valence-corrected chi connectivity index (χ1v) is 11.8. The second kappa shape index (κ2) is 10.5. The van der Waals surface area contributed by atoms with Crippen LogP contribution >= 0.6 is 11.3 Å². The summed E-state index contributed by atoms with van der Waals surface area (Å²) in [5.41, 5.74) is 2.63. The molecule has 0 saturated heterocycles. The molecule has 2 aromatic heterocycles. The van der Waals surface area contributed by atoms with Gasteiger partial charge in [0.05, 0.1) is 30.9 Å². The number of hydrogen-bond acceptors (Lipinski definition) is 8. The number of hydrazone groups is 1. The van der Waals surface area contributed by atoms with Crippen molar-refractivity contribution in [3.8, 4) is 11.5 Å². The number of nitrogens with zero attached hydrogens (tertiary/aromatic N) is 3. The van der Waals surface area contributed by atoms with Crippen LogP contribution in [0.2, 0.25) is 0 Å². The van der Waals surface area contributed by atoms with E-state index in [1.54, 1.807) is 37.7 Å². The van der Waals surface area contributed by atoms with Crippen LogP contribution < -0.4 is 9.47 Å². The van der Waals surface area contributed by atoms with Crippen LogP contribution in [0.4, 0.5) is 0 Å². The van der Waals surface area contributed by atoms with E-state index in [9.17, 15) is 9.59 Å². The third kappa shape index (κ3) is 4.96. The van der Waals surface area contributed by atoms with Crippen LogP contribution in [0.3, 0.4) is 0 Å². The Hall–Kier alpha value is -3.66. The van der Waals surface area contributed by atoms with Gasteiger partial charge in [-0.1, -0.05) is 25.5 Å². The Morgan fingerprint density at radius 2 is 2.00 bits per heavy atom. The molecule has 1 aliphatic rings. The Morgan fingerprint density at radius 3 is 2.71 bits per heavy atom. The second-order valence-corrected chi connectivity index (χ2v) is 8.65. The van der Waals surface area contributed by atoms with Crippen molar-refractivity contribution < 1.29 is 23.8 Å². The number of ether oxygens (including phenoxy) is 3. The first kappa shape index (κ1) is 23.5. The maximum atomic E-state index is 13.1. The molecule has 1 aliphatic heterocycles. The Balaban J connectivity index is 1.53. The first-order chi connectivity index (χ1) is 16.5. The van der Waals surface area contributed by atoms with E-state index >= 15 is 0 Å². The number of esters is 1. The number of aromatic amines is 1. The van der Waals surface area contributed by atoms with E-state index in [1.165, 1.54) is 5.01 Å². The quantitative estimate of drug-likeness (QED) is 0.463. The van der Waals surface area contributed by atoms with Crippen LogP contribution in [-0.4, -0.2) is 53.6 Å². The molecule has 0 bridgehead atoms. The van der Waals surface area contributed by atoms with Crippen LogP contribution in [0.5, 0.6) is 11.5 Å². The summed E-state index contributed by atoms with van der Waals surface area (Å²) < 4.78 is 16.0. The van der Waals surface area contributed by atoms with Gasteiger partial charge in [0.25, 0.3) is 5.91 Å². The average Bonchev–Trinajstić information content (AvgIpc) is 3.62. The highest BCUT2D eigenvalue weighted by Gasteiger charge is 2.34. The lowest BCUT2D eigenvalue weighted by atomic mass is 10.0. The fourth-order valence-electron chi connectivity index (χ4n) is 3.78. The smallest absolute Gasteiger partial charge is 0.359 e. The van der Waals surface area contributed by atoms with Crippen molar-refractivity contribution in [1.29, 1.82) is 0 Å². The predicted molar refractivity (Wildman–Crippen MR) is 127 cm³/mol. The minimum atomic E-state index is -0.656. The van der Waals surface area contributed by atoms with Crippen molar-refractivity contribution in [3.05, 3.63) is 63.6 Å². The van der Waals surface area contributed by atoms with E-state index in [2.05, 4.69) is 15.3 Å². The highest BCUT2D eigenvalue weighted by Crippen LogP contribution is 2.37. The van der Waals surface area contributed by atoms with Gasteiger partial charge < -0.3 is 14.2 Å². The molecule has 3 aromatic rings. The maximum Gasteiger partial charge on any atom is 0.359 e. The second-order valence-electron chi connectivity index (χ2n) is 7.70. The average molecular weight is 483 g/mol. The number of thiophene rings is 1. The minimum Gasteiger partial charge on any atom is -0.493 e. The number of carbonyl (C=O) groups excluding carboxylic acids is 2. The zero-order valence-corrected chi connectivity index (χ0v) is 20.1. The Labute approximate surface area is 201 Å². The van der Waals surface area contributed by atoms with Crippen LogP contribution in [0.1, 0.15) is 52.4 Å². The summed E-state index contributed by atoms with van der Waals surface area (Å²) in [6.07, 6.45) is 2.22. The molecule has 1 N–H and O–H groups in total. The van der Waals surface area contributed by atoms with Crippen LogP contribution in [0, 0.1) is 0 Å². The number of rotatable bonds is 9. The number of benzene rings is 1. The van der Waals surface area contributed by atoms with E-state index in [-0.39, 0.29) is 11.7 Å². The third-order valence-corrected chi connectivity index (χ3v) is 6.37. The molecule has 3 heterocycles. The van der Waals surface area contributed by atoms with Gasteiger partial charge in [0.2, 0.25) is 0 Å². The Morgan fingerprint density at radius 1 is 1.18 bits per heavy atom. The molecule has 4 rings (SSSR count). The minimum absolute atomic E-state index is 0.150. The molecule has 1 aromatic carbocycles.